The van der Waals surface area contributed by atoms with Crippen molar-refractivity contribution in [3.8, 4) is 11.5 Å². The Balaban J connectivity index is 1.72. The summed E-state index contributed by atoms with van der Waals surface area (Å²) in [6.45, 7) is 7.06. The fourth-order valence-electron chi connectivity index (χ4n) is 3.82. The smallest absolute Gasteiger partial charge is 0.255 e. The Morgan fingerprint density at radius 3 is 2.70 bits per heavy atom. The van der Waals surface area contributed by atoms with E-state index in [1.165, 1.54) is 6.33 Å². The first-order valence-electron chi connectivity index (χ1n) is 11.3. The molecule has 3 aromatic rings. The number of hydrogen-bond acceptors (Lipinski definition) is 6. The Labute approximate surface area is 193 Å². The molecule has 4 rings (SSSR count). The standard InChI is InChI=1S/C25H29N5O3/c1-4-6-14-33-20-13-12-18(15-21(20)32-5-2)23-22(17(3)28-25-26-16-27-30(23)25)24(31)29-19-10-8-7-9-11-19/h7-13,15-16,23H,4-6,14H2,1-3H3,(H,29,31)(H,26,27,28). The number of aromatic nitrogens is 3. The van der Waals surface area contributed by atoms with E-state index in [0.717, 1.165) is 29.8 Å². The second-order valence-electron chi connectivity index (χ2n) is 7.76. The lowest BCUT2D eigenvalue weighted by atomic mass is 9.94. The largest absolute Gasteiger partial charge is 0.490 e. The molecule has 0 saturated carbocycles. The van der Waals surface area contributed by atoms with E-state index >= 15 is 0 Å². The number of unbranched alkanes of at least 4 members (excludes halogenated alkanes) is 1. The molecular weight excluding hydrogens is 418 g/mol. The van der Waals surface area contributed by atoms with Crippen molar-refractivity contribution in [3.05, 3.63) is 71.7 Å². The second kappa shape index (κ2) is 10.2. The number of nitrogens with one attached hydrogen (secondary N) is 2. The van der Waals surface area contributed by atoms with Crippen molar-refractivity contribution >= 4 is 17.5 Å². The molecule has 33 heavy (non-hydrogen) atoms. The summed E-state index contributed by atoms with van der Waals surface area (Å²) in [6, 6.07) is 14.7. The van der Waals surface area contributed by atoms with Gasteiger partial charge in [0.05, 0.1) is 18.8 Å². The average molecular weight is 448 g/mol. The highest BCUT2D eigenvalue weighted by Crippen LogP contribution is 2.39. The number of ether oxygens (including phenoxy) is 2. The third kappa shape index (κ3) is 4.84. The molecule has 0 spiro atoms. The molecule has 172 valence electrons. The van der Waals surface area contributed by atoms with Crippen molar-refractivity contribution < 1.29 is 14.3 Å². The molecule has 2 aromatic carbocycles. The van der Waals surface area contributed by atoms with Crippen LogP contribution in [0, 0.1) is 0 Å². The highest BCUT2D eigenvalue weighted by molar-refractivity contribution is 6.06. The van der Waals surface area contributed by atoms with E-state index in [9.17, 15) is 4.79 Å². The fraction of sp³-hybridized carbons (Fsp3) is 0.320. The predicted molar refractivity (Wildman–Crippen MR) is 128 cm³/mol. The van der Waals surface area contributed by atoms with Crippen LogP contribution in [-0.2, 0) is 4.79 Å². The van der Waals surface area contributed by atoms with Gasteiger partial charge in [0.2, 0.25) is 5.95 Å². The highest BCUT2D eigenvalue weighted by atomic mass is 16.5. The van der Waals surface area contributed by atoms with E-state index in [4.69, 9.17) is 9.47 Å². The monoisotopic (exact) mass is 447 g/mol. The van der Waals surface area contributed by atoms with Gasteiger partial charge in [-0.05, 0) is 50.1 Å². The Bertz CT molecular complexity index is 1140. The zero-order valence-electron chi connectivity index (χ0n) is 19.2. The lowest BCUT2D eigenvalue weighted by Gasteiger charge is -2.29. The molecule has 1 atom stereocenters. The summed E-state index contributed by atoms with van der Waals surface area (Å²) in [5.41, 5.74) is 2.85. The molecule has 1 unspecified atom stereocenters. The van der Waals surface area contributed by atoms with Crippen LogP contribution in [0.25, 0.3) is 0 Å². The molecule has 0 aliphatic carbocycles. The Hall–Kier alpha value is -3.81. The number of carbonyl (C=O) groups excluding carboxylic acids is 1. The molecule has 1 aliphatic heterocycles. The Kier molecular flexibility index (Phi) is 6.92. The van der Waals surface area contributed by atoms with Crippen LogP contribution in [0.1, 0.15) is 45.2 Å². The minimum absolute atomic E-state index is 0.210. The number of hydrogen-bond donors (Lipinski definition) is 2. The Morgan fingerprint density at radius 2 is 1.94 bits per heavy atom. The van der Waals surface area contributed by atoms with Gasteiger partial charge >= 0.3 is 0 Å². The number of amides is 1. The predicted octanol–water partition coefficient (Wildman–Crippen LogP) is 4.78. The van der Waals surface area contributed by atoms with Gasteiger partial charge in [0.25, 0.3) is 5.91 Å². The quantitative estimate of drug-likeness (QED) is 0.459. The van der Waals surface area contributed by atoms with Crippen LogP contribution in [-0.4, -0.2) is 33.9 Å². The summed E-state index contributed by atoms with van der Waals surface area (Å²) in [7, 11) is 0. The molecule has 0 bridgehead atoms. The summed E-state index contributed by atoms with van der Waals surface area (Å²) < 4.78 is 13.5. The molecule has 0 fully saturated rings. The minimum atomic E-state index is -0.476. The molecule has 1 amide bonds. The third-order valence-electron chi connectivity index (χ3n) is 5.41. The number of rotatable bonds is 9. The number of fused-ring (bicyclic) bond motifs is 1. The summed E-state index contributed by atoms with van der Waals surface area (Å²) in [4.78, 5) is 17.7. The second-order valence-corrected chi connectivity index (χ2v) is 7.76. The van der Waals surface area contributed by atoms with Gasteiger partial charge in [-0.25, -0.2) is 4.68 Å². The van der Waals surface area contributed by atoms with Crippen LogP contribution < -0.4 is 20.1 Å². The molecular formula is C25H29N5O3. The van der Waals surface area contributed by atoms with E-state index in [1.54, 1.807) is 4.68 Å². The molecule has 1 aliphatic rings. The summed E-state index contributed by atoms with van der Waals surface area (Å²) in [5.74, 6) is 1.71. The third-order valence-corrected chi connectivity index (χ3v) is 5.41. The van der Waals surface area contributed by atoms with Gasteiger partial charge in [-0.1, -0.05) is 37.6 Å². The topological polar surface area (TPSA) is 90.3 Å². The van der Waals surface area contributed by atoms with Crippen LogP contribution in [0.4, 0.5) is 11.6 Å². The first-order chi connectivity index (χ1) is 16.1. The van der Waals surface area contributed by atoms with E-state index < -0.39 is 6.04 Å². The number of nitrogens with zero attached hydrogens (tertiary/aromatic N) is 3. The number of allylic oxidation sites excluding steroid dienone is 1. The summed E-state index contributed by atoms with van der Waals surface area (Å²) in [6.07, 6.45) is 3.50. The molecule has 2 N–H and O–H groups in total. The van der Waals surface area contributed by atoms with Crippen LogP contribution in [0.15, 0.2) is 66.1 Å². The van der Waals surface area contributed by atoms with E-state index in [1.807, 2.05) is 62.4 Å². The molecule has 0 radical (unpaired) electrons. The van der Waals surface area contributed by atoms with Crippen molar-refractivity contribution in [3.63, 3.8) is 0 Å². The van der Waals surface area contributed by atoms with Crippen molar-refractivity contribution in [1.82, 2.24) is 14.8 Å². The van der Waals surface area contributed by atoms with Crippen LogP contribution in [0.2, 0.25) is 0 Å². The molecule has 0 saturated heterocycles. The van der Waals surface area contributed by atoms with Crippen molar-refractivity contribution in [2.75, 3.05) is 23.8 Å². The van der Waals surface area contributed by atoms with Crippen LogP contribution in [0.5, 0.6) is 11.5 Å². The Morgan fingerprint density at radius 1 is 1.12 bits per heavy atom. The van der Waals surface area contributed by atoms with Gasteiger partial charge in [0.15, 0.2) is 11.5 Å². The first kappa shape index (κ1) is 22.4. The molecule has 8 heteroatoms. The minimum Gasteiger partial charge on any atom is -0.490 e. The number of para-hydroxylation sites is 1. The summed E-state index contributed by atoms with van der Waals surface area (Å²) in [5, 5.41) is 10.6. The molecule has 1 aromatic heterocycles. The van der Waals surface area contributed by atoms with Crippen LogP contribution >= 0.6 is 0 Å². The SMILES string of the molecule is CCCCOc1ccc(C2C(C(=O)Nc3ccccc3)=C(C)Nc3ncnn32)cc1OCC. The van der Waals surface area contributed by atoms with Gasteiger partial charge < -0.3 is 20.1 Å². The average Bonchev–Trinajstić information content (AvgIpc) is 3.28. The fourth-order valence-corrected chi connectivity index (χ4v) is 3.82. The zero-order valence-corrected chi connectivity index (χ0v) is 19.2. The van der Waals surface area contributed by atoms with E-state index in [2.05, 4.69) is 27.6 Å². The molecule has 8 nitrogen and oxygen atoms in total. The lowest BCUT2D eigenvalue weighted by molar-refractivity contribution is -0.113. The number of benzene rings is 2. The summed E-state index contributed by atoms with van der Waals surface area (Å²) >= 11 is 0. The highest BCUT2D eigenvalue weighted by Gasteiger charge is 2.34. The van der Waals surface area contributed by atoms with Crippen molar-refractivity contribution in [2.24, 2.45) is 0 Å². The van der Waals surface area contributed by atoms with Crippen molar-refractivity contribution in [1.29, 1.82) is 0 Å². The molecule has 2 heterocycles. The maximum Gasteiger partial charge on any atom is 0.255 e. The normalized spacial score (nSPS) is 14.9. The van der Waals surface area contributed by atoms with Crippen molar-refractivity contribution in [2.45, 2.75) is 39.7 Å². The maximum absolute atomic E-state index is 13.4. The maximum atomic E-state index is 13.4. The number of carbonyl (C=O) groups is 1. The van der Waals surface area contributed by atoms with Gasteiger partial charge in [-0.15, -0.1) is 0 Å². The lowest BCUT2D eigenvalue weighted by Crippen LogP contribution is -2.31. The van der Waals surface area contributed by atoms with Crippen LogP contribution in [0.3, 0.4) is 0 Å². The number of anilines is 2. The van der Waals surface area contributed by atoms with Gasteiger partial charge in [-0.2, -0.15) is 10.1 Å². The van der Waals surface area contributed by atoms with E-state index in [0.29, 0.717) is 36.2 Å². The first-order valence-corrected chi connectivity index (χ1v) is 11.3. The van der Waals surface area contributed by atoms with Gasteiger partial charge in [0.1, 0.15) is 12.4 Å². The van der Waals surface area contributed by atoms with E-state index in [-0.39, 0.29) is 5.91 Å². The van der Waals surface area contributed by atoms with Gasteiger partial charge in [-0.3, -0.25) is 4.79 Å². The van der Waals surface area contributed by atoms with Gasteiger partial charge in [0, 0.05) is 11.4 Å². The zero-order chi connectivity index (χ0) is 23.2.